The van der Waals surface area contributed by atoms with Crippen molar-refractivity contribution in [2.45, 2.75) is 54.8 Å². The van der Waals surface area contributed by atoms with E-state index in [1.807, 2.05) is 53.4 Å². The minimum Gasteiger partial charge on any atom is -0.487 e. The first kappa shape index (κ1) is 23.0. The van der Waals surface area contributed by atoms with Crippen molar-refractivity contribution in [3.05, 3.63) is 89.5 Å². The maximum Gasteiger partial charge on any atom is 0.257 e. The van der Waals surface area contributed by atoms with Crippen LogP contribution in [-0.2, 0) is 5.75 Å². The average Bonchev–Trinajstić information content (AvgIpc) is 3.42. The maximum absolute atomic E-state index is 14.0. The third-order valence-electron chi connectivity index (χ3n) is 6.95. The molecule has 184 valence electrons. The largest absolute Gasteiger partial charge is 0.487 e. The summed E-state index contributed by atoms with van der Waals surface area (Å²) in [6, 6.07) is 18.8. The van der Waals surface area contributed by atoms with Gasteiger partial charge in [0.15, 0.2) is 17.1 Å². The number of rotatable bonds is 6. The van der Waals surface area contributed by atoms with E-state index in [-0.39, 0.29) is 29.8 Å². The molecule has 2 aliphatic rings. The van der Waals surface area contributed by atoms with Crippen molar-refractivity contribution in [1.29, 1.82) is 0 Å². The van der Waals surface area contributed by atoms with Crippen molar-refractivity contribution in [3.8, 4) is 5.75 Å². The standard InChI is InChI=1S/C28H24F2N2O3S/c29-19-9-12-25(23(30)13-19)34-22-14-20-10-11-21(15-22)32(20)27(33)18-7-5-17(6-8-18)16-36-28-31-24-3-1-2-4-26(24)35-28/h1-9,12-13,20-22H,10-11,14-16H2/t20-,21-/m0/s1. The second kappa shape index (κ2) is 9.58. The molecule has 36 heavy (non-hydrogen) atoms. The lowest BCUT2D eigenvalue weighted by Crippen LogP contribution is -2.49. The number of carbonyl (C=O) groups is 1. The van der Waals surface area contributed by atoms with Crippen molar-refractivity contribution < 1.29 is 22.7 Å². The molecule has 3 heterocycles. The number of piperidine rings is 1. The highest BCUT2D eigenvalue weighted by atomic mass is 32.2. The molecule has 3 aromatic carbocycles. The van der Waals surface area contributed by atoms with Gasteiger partial charge in [-0.25, -0.2) is 13.8 Å². The zero-order valence-electron chi connectivity index (χ0n) is 19.4. The van der Waals surface area contributed by atoms with E-state index in [0.29, 0.717) is 29.4 Å². The van der Waals surface area contributed by atoms with Gasteiger partial charge < -0.3 is 14.1 Å². The van der Waals surface area contributed by atoms with Crippen molar-refractivity contribution >= 4 is 28.8 Å². The molecule has 2 fully saturated rings. The van der Waals surface area contributed by atoms with Crippen molar-refractivity contribution in [2.24, 2.45) is 0 Å². The fourth-order valence-corrected chi connectivity index (χ4v) is 6.05. The lowest BCUT2D eigenvalue weighted by Gasteiger charge is -2.39. The average molecular weight is 507 g/mol. The zero-order chi connectivity index (χ0) is 24.6. The Morgan fingerprint density at radius 3 is 2.50 bits per heavy atom. The number of thioether (sulfide) groups is 1. The number of carbonyl (C=O) groups excluding carboxylic acids is 1. The van der Waals surface area contributed by atoms with Gasteiger partial charge in [-0.1, -0.05) is 36.0 Å². The highest BCUT2D eigenvalue weighted by Gasteiger charge is 2.44. The molecule has 0 saturated carbocycles. The quantitative estimate of drug-likeness (QED) is 0.275. The number of aromatic nitrogens is 1. The molecule has 1 amide bonds. The third-order valence-corrected chi connectivity index (χ3v) is 7.85. The number of amides is 1. The van der Waals surface area contributed by atoms with Crippen LogP contribution in [0.1, 0.15) is 41.6 Å². The van der Waals surface area contributed by atoms with Crippen LogP contribution in [0, 0.1) is 11.6 Å². The molecule has 6 rings (SSSR count). The van der Waals surface area contributed by atoms with E-state index in [2.05, 4.69) is 4.98 Å². The number of oxazole rings is 1. The van der Waals surface area contributed by atoms with Crippen LogP contribution in [-0.4, -0.2) is 34.0 Å². The van der Waals surface area contributed by atoms with Crippen LogP contribution in [0.15, 0.2) is 76.4 Å². The predicted molar refractivity (Wildman–Crippen MR) is 133 cm³/mol. The van der Waals surface area contributed by atoms with Crippen LogP contribution in [0.3, 0.4) is 0 Å². The molecule has 5 nitrogen and oxygen atoms in total. The number of hydrogen-bond donors (Lipinski definition) is 0. The number of para-hydroxylation sites is 2. The molecule has 0 radical (unpaired) electrons. The second-order valence-electron chi connectivity index (χ2n) is 9.32. The first-order valence-corrected chi connectivity index (χ1v) is 13.0. The third kappa shape index (κ3) is 4.57. The van der Waals surface area contributed by atoms with E-state index >= 15 is 0 Å². The minimum atomic E-state index is -0.699. The van der Waals surface area contributed by atoms with E-state index in [1.165, 1.54) is 23.9 Å². The van der Waals surface area contributed by atoms with Gasteiger partial charge in [0.2, 0.25) is 0 Å². The monoisotopic (exact) mass is 506 g/mol. The van der Waals surface area contributed by atoms with Crippen molar-refractivity contribution in [3.63, 3.8) is 0 Å². The summed E-state index contributed by atoms with van der Waals surface area (Å²) < 4.78 is 38.9. The molecule has 2 bridgehead atoms. The molecule has 0 N–H and O–H groups in total. The van der Waals surface area contributed by atoms with Gasteiger partial charge in [-0.15, -0.1) is 0 Å². The van der Waals surface area contributed by atoms with Crippen LogP contribution in [0.4, 0.5) is 8.78 Å². The molecular formula is C28H24F2N2O3S. The van der Waals surface area contributed by atoms with E-state index < -0.39 is 11.6 Å². The van der Waals surface area contributed by atoms with E-state index in [0.717, 1.165) is 35.6 Å². The van der Waals surface area contributed by atoms with Gasteiger partial charge in [0.25, 0.3) is 11.1 Å². The Morgan fingerprint density at radius 2 is 1.78 bits per heavy atom. The Morgan fingerprint density at radius 1 is 1.03 bits per heavy atom. The Labute approximate surface area is 211 Å². The summed E-state index contributed by atoms with van der Waals surface area (Å²) >= 11 is 1.52. The summed E-state index contributed by atoms with van der Waals surface area (Å²) in [4.78, 5) is 19.8. The topological polar surface area (TPSA) is 55.6 Å². The molecule has 8 heteroatoms. The molecule has 2 saturated heterocycles. The summed E-state index contributed by atoms with van der Waals surface area (Å²) in [5.74, 6) is -0.555. The molecule has 2 aliphatic heterocycles. The molecule has 4 aromatic rings. The molecule has 2 atom stereocenters. The number of nitrogens with zero attached hydrogens (tertiary/aromatic N) is 2. The Balaban J connectivity index is 1.08. The van der Waals surface area contributed by atoms with Crippen LogP contribution in [0.2, 0.25) is 0 Å². The molecule has 0 spiro atoms. The summed E-state index contributed by atoms with van der Waals surface area (Å²) in [6.07, 6.45) is 2.89. The second-order valence-corrected chi connectivity index (χ2v) is 10.2. The van der Waals surface area contributed by atoms with Crippen LogP contribution in [0.25, 0.3) is 11.1 Å². The van der Waals surface area contributed by atoms with Crippen molar-refractivity contribution in [2.75, 3.05) is 0 Å². The van der Waals surface area contributed by atoms with Crippen LogP contribution < -0.4 is 4.74 Å². The highest BCUT2D eigenvalue weighted by Crippen LogP contribution is 2.38. The summed E-state index contributed by atoms with van der Waals surface area (Å²) in [5, 5.41) is 0.624. The van der Waals surface area contributed by atoms with Gasteiger partial charge in [0.05, 0.1) is 0 Å². The highest BCUT2D eigenvalue weighted by molar-refractivity contribution is 7.98. The van der Waals surface area contributed by atoms with Gasteiger partial charge in [0.1, 0.15) is 17.4 Å². The van der Waals surface area contributed by atoms with E-state index in [4.69, 9.17) is 9.15 Å². The smallest absolute Gasteiger partial charge is 0.257 e. The fraction of sp³-hybridized carbons (Fsp3) is 0.286. The van der Waals surface area contributed by atoms with Crippen LogP contribution in [0.5, 0.6) is 5.75 Å². The summed E-state index contributed by atoms with van der Waals surface area (Å²) in [7, 11) is 0. The van der Waals surface area contributed by atoms with Gasteiger partial charge in [0, 0.05) is 42.3 Å². The SMILES string of the molecule is O=C(c1ccc(CSc2nc3ccccc3o2)cc1)N1[C@H]2CC[C@H]1CC(Oc1ccc(F)cc1F)C2. The Hall–Kier alpha value is -3.39. The van der Waals surface area contributed by atoms with Gasteiger partial charge >= 0.3 is 0 Å². The number of hydrogen-bond acceptors (Lipinski definition) is 5. The number of fused-ring (bicyclic) bond motifs is 3. The van der Waals surface area contributed by atoms with Crippen molar-refractivity contribution in [1.82, 2.24) is 9.88 Å². The first-order chi connectivity index (χ1) is 17.5. The molecular weight excluding hydrogens is 482 g/mol. The Kier molecular flexibility index (Phi) is 6.13. The van der Waals surface area contributed by atoms with Gasteiger partial charge in [-0.2, -0.15) is 0 Å². The normalized spacial score (nSPS) is 21.2. The lowest BCUT2D eigenvalue weighted by atomic mass is 9.98. The molecule has 0 unspecified atom stereocenters. The molecule has 1 aromatic heterocycles. The predicted octanol–water partition coefficient (Wildman–Crippen LogP) is 6.61. The lowest BCUT2D eigenvalue weighted by molar-refractivity contribution is 0.0349. The fourth-order valence-electron chi connectivity index (χ4n) is 5.26. The first-order valence-electron chi connectivity index (χ1n) is 12.0. The zero-order valence-corrected chi connectivity index (χ0v) is 20.2. The Bertz CT molecular complexity index is 1360. The maximum atomic E-state index is 14.0. The van der Waals surface area contributed by atoms with E-state index in [1.54, 1.807) is 0 Å². The number of ether oxygens (including phenoxy) is 1. The minimum absolute atomic E-state index is 0.0204. The van der Waals surface area contributed by atoms with Crippen LogP contribution >= 0.6 is 11.8 Å². The summed E-state index contributed by atoms with van der Waals surface area (Å²) in [6.45, 7) is 0. The summed E-state index contributed by atoms with van der Waals surface area (Å²) in [5.41, 5.74) is 3.35. The van der Waals surface area contributed by atoms with Gasteiger partial charge in [-0.05, 0) is 54.8 Å². The number of halogens is 2. The molecule has 0 aliphatic carbocycles. The van der Waals surface area contributed by atoms with E-state index in [9.17, 15) is 13.6 Å². The van der Waals surface area contributed by atoms with Gasteiger partial charge in [-0.3, -0.25) is 4.79 Å². The number of benzene rings is 3.